The average Bonchev–Trinajstić information content (AvgIpc) is 3.04. The van der Waals surface area contributed by atoms with E-state index >= 15 is 0 Å². The van der Waals surface area contributed by atoms with Crippen molar-refractivity contribution in [1.82, 2.24) is 5.32 Å². The Morgan fingerprint density at radius 2 is 1.76 bits per heavy atom. The van der Waals surface area contributed by atoms with Gasteiger partial charge in [0.25, 0.3) is 0 Å². The smallest absolute Gasteiger partial charge is 0.231 e. The van der Waals surface area contributed by atoms with Crippen molar-refractivity contribution < 1.29 is 15.0 Å². The summed E-state index contributed by atoms with van der Waals surface area (Å²) in [6.07, 6.45) is 4.19. The molecule has 0 bridgehead atoms. The lowest BCUT2D eigenvalue weighted by atomic mass is 9.77. The first-order valence-corrected chi connectivity index (χ1v) is 7.72. The summed E-state index contributed by atoms with van der Waals surface area (Å²) >= 11 is 0. The van der Waals surface area contributed by atoms with Gasteiger partial charge in [-0.3, -0.25) is 4.79 Å². The molecule has 1 aliphatic carbocycles. The van der Waals surface area contributed by atoms with Crippen molar-refractivity contribution in [2.45, 2.75) is 50.0 Å². The molecule has 2 rings (SSSR count). The van der Waals surface area contributed by atoms with Crippen molar-refractivity contribution in [2.75, 3.05) is 13.2 Å². The van der Waals surface area contributed by atoms with Crippen LogP contribution >= 0.6 is 0 Å². The van der Waals surface area contributed by atoms with Crippen LogP contribution in [0.1, 0.15) is 44.6 Å². The van der Waals surface area contributed by atoms with Gasteiger partial charge < -0.3 is 15.5 Å². The molecule has 3 N–H and O–H groups in total. The van der Waals surface area contributed by atoms with Gasteiger partial charge in [0.15, 0.2) is 0 Å². The Balaban J connectivity index is 2.29. The van der Waals surface area contributed by atoms with E-state index in [9.17, 15) is 15.0 Å². The lowest BCUT2D eigenvalue weighted by molar-refractivity contribution is -0.130. The number of carbonyl (C=O) groups excluding carboxylic acids is 1. The molecule has 1 saturated carbocycles. The number of hydrogen-bond donors (Lipinski definition) is 3. The highest BCUT2D eigenvalue weighted by Crippen LogP contribution is 2.41. The third-order valence-corrected chi connectivity index (χ3v) is 4.88. The molecular weight excluding hydrogens is 266 g/mol. The predicted octanol–water partition coefficient (Wildman–Crippen LogP) is 1.75. The van der Waals surface area contributed by atoms with Gasteiger partial charge in [-0.05, 0) is 24.8 Å². The Labute approximate surface area is 126 Å². The Hall–Kier alpha value is -1.39. The van der Waals surface area contributed by atoms with E-state index in [1.165, 1.54) is 0 Å². The van der Waals surface area contributed by atoms with Crippen molar-refractivity contribution in [3.63, 3.8) is 0 Å². The monoisotopic (exact) mass is 291 g/mol. The predicted molar refractivity (Wildman–Crippen MR) is 81.9 cm³/mol. The Kier molecular flexibility index (Phi) is 5.01. The second-order valence-electron chi connectivity index (χ2n) is 6.06. The molecule has 116 valence electrons. The summed E-state index contributed by atoms with van der Waals surface area (Å²) in [5, 5.41) is 22.0. The third kappa shape index (κ3) is 2.97. The molecule has 1 aliphatic rings. The minimum Gasteiger partial charge on any atom is -0.394 e. The van der Waals surface area contributed by atoms with E-state index in [1.807, 2.05) is 37.3 Å². The second kappa shape index (κ2) is 6.58. The zero-order valence-corrected chi connectivity index (χ0v) is 12.6. The highest BCUT2D eigenvalue weighted by Gasteiger charge is 2.45. The molecule has 0 atom stereocenters. The lowest BCUT2D eigenvalue weighted by Crippen LogP contribution is -2.58. The van der Waals surface area contributed by atoms with Gasteiger partial charge in [-0.1, -0.05) is 50.1 Å². The lowest BCUT2D eigenvalue weighted by Gasteiger charge is -2.36. The molecule has 0 heterocycles. The molecule has 0 radical (unpaired) electrons. The number of benzene rings is 1. The standard InChI is InChI=1S/C17H25NO3/c1-2-16(12-19,13-20)18-15(21)17(10-6-7-11-17)14-8-4-3-5-9-14/h3-5,8-9,19-20H,2,6-7,10-13H2,1H3,(H,18,21). The number of hydrogen-bond acceptors (Lipinski definition) is 3. The van der Waals surface area contributed by atoms with Crippen molar-refractivity contribution in [1.29, 1.82) is 0 Å². The number of nitrogens with one attached hydrogen (secondary N) is 1. The summed E-state index contributed by atoms with van der Waals surface area (Å²) in [6.45, 7) is 1.35. The van der Waals surface area contributed by atoms with Crippen LogP contribution in [0.25, 0.3) is 0 Å². The maximum atomic E-state index is 12.9. The molecule has 1 fully saturated rings. The van der Waals surface area contributed by atoms with Crippen LogP contribution in [0.2, 0.25) is 0 Å². The minimum atomic E-state index is -0.929. The molecule has 1 aromatic rings. The maximum Gasteiger partial charge on any atom is 0.231 e. The van der Waals surface area contributed by atoms with Gasteiger partial charge in [0, 0.05) is 0 Å². The van der Waals surface area contributed by atoms with Crippen LogP contribution < -0.4 is 5.32 Å². The van der Waals surface area contributed by atoms with Crippen molar-refractivity contribution in [2.24, 2.45) is 0 Å². The van der Waals surface area contributed by atoms with E-state index in [4.69, 9.17) is 0 Å². The molecular formula is C17H25NO3. The van der Waals surface area contributed by atoms with Gasteiger partial charge in [0.2, 0.25) is 5.91 Å². The highest BCUT2D eigenvalue weighted by atomic mass is 16.3. The van der Waals surface area contributed by atoms with Crippen molar-refractivity contribution in [3.05, 3.63) is 35.9 Å². The van der Waals surface area contributed by atoms with Gasteiger partial charge in [-0.15, -0.1) is 0 Å². The Morgan fingerprint density at radius 1 is 1.19 bits per heavy atom. The van der Waals surface area contributed by atoms with Crippen LogP contribution in [-0.2, 0) is 10.2 Å². The van der Waals surface area contributed by atoms with Crippen LogP contribution in [0.5, 0.6) is 0 Å². The van der Waals surface area contributed by atoms with E-state index < -0.39 is 11.0 Å². The van der Waals surface area contributed by atoms with Crippen molar-refractivity contribution in [3.8, 4) is 0 Å². The average molecular weight is 291 g/mol. The number of carbonyl (C=O) groups is 1. The summed E-state index contributed by atoms with van der Waals surface area (Å²) in [6, 6.07) is 9.84. The number of amides is 1. The fraction of sp³-hybridized carbons (Fsp3) is 0.588. The third-order valence-electron chi connectivity index (χ3n) is 4.88. The molecule has 0 saturated heterocycles. The van der Waals surface area contributed by atoms with Gasteiger partial charge >= 0.3 is 0 Å². The summed E-state index contributed by atoms with van der Waals surface area (Å²) in [5.41, 5.74) is -0.422. The van der Waals surface area contributed by atoms with Crippen LogP contribution in [0, 0.1) is 0 Å². The fourth-order valence-corrected chi connectivity index (χ4v) is 3.18. The first kappa shape index (κ1) is 16.0. The van der Waals surface area contributed by atoms with Gasteiger partial charge in [0.05, 0.1) is 24.2 Å². The molecule has 0 aliphatic heterocycles. The molecule has 0 aromatic heterocycles. The van der Waals surface area contributed by atoms with E-state index in [2.05, 4.69) is 5.32 Å². The number of aliphatic hydroxyl groups is 2. The normalized spacial score (nSPS) is 17.7. The Bertz CT molecular complexity index is 454. The quantitative estimate of drug-likeness (QED) is 0.748. The SMILES string of the molecule is CCC(CO)(CO)NC(=O)C1(c2ccccc2)CCCC1. The van der Waals surface area contributed by atoms with Crippen molar-refractivity contribution >= 4 is 5.91 Å². The molecule has 1 amide bonds. The van der Waals surface area contributed by atoms with Gasteiger partial charge in [0.1, 0.15) is 0 Å². The largest absolute Gasteiger partial charge is 0.394 e. The van der Waals surface area contributed by atoms with E-state index in [1.54, 1.807) is 0 Å². The second-order valence-corrected chi connectivity index (χ2v) is 6.06. The van der Waals surface area contributed by atoms with Crippen LogP contribution in [0.4, 0.5) is 0 Å². The van der Waals surface area contributed by atoms with E-state index in [0.29, 0.717) is 6.42 Å². The molecule has 0 unspecified atom stereocenters. The number of rotatable bonds is 6. The topological polar surface area (TPSA) is 69.6 Å². The summed E-state index contributed by atoms with van der Waals surface area (Å²) < 4.78 is 0. The summed E-state index contributed by atoms with van der Waals surface area (Å²) in [4.78, 5) is 12.9. The van der Waals surface area contributed by atoms with E-state index in [0.717, 1.165) is 31.2 Å². The number of aliphatic hydroxyl groups excluding tert-OH is 2. The molecule has 4 nitrogen and oxygen atoms in total. The molecule has 4 heteroatoms. The summed E-state index contributed by atoms with van der Waals surface area (Å²) in [7, 11) is 0. The first-order chi connectivity index (χ1) is 10.1. The summed E-state index contributed by atoms with van der Waals surface area (Å²) in [5.74, 6) is -0.0730. The minimum absolute atomic E-state index is 0.0730. The fourth-order valence-electron chi connectivity index (χ4n) is 3.18. The highest BCUT2D eigenvalue weighted by molar-refractivity contribution is 5.89. The van der Waals surface area contributed by atoms with Crippen LogP contribution in [-0.4, -0.2) is 34.9 Å². The molecule has 1 aromatic carbocycles. The maximum absolute atomic E-state index is 12.9. The van der Waals surface area contributed by atoms with Gasteiger partial charge in [-0.2, -0.15) is 0 Å². The molecule has 0 spiro atoms. The van der Waals surface area contributed by atoms with Crippen LogP contribution in [0.3, 0.4) is 0 Å². The Morgan fingerprint density at radius 3 is 2.24 bits per heavy atom. The first-order valence-electron chi connectivity index (χ1n) is 7.72. The van der Waals surface area contributed by atoms with Gasteiger partial charge in [-0.25, -0.2) is 0 Å². The zero-order valence-electron chi connectivity index (χ0n) is 12.6. The van der Waals surface area contributed by atoms with Crippen LogP contribution in [0.15, 0.2) is 30.3 Å². The van der Waals surface area contributed by atoms with E-state index in [-0.39, 0.29) is 19.1 Å². The zero-order chi connectivity index (χ0) is 15.3. The molecule has 21 heavy (non-hydrogen) atoms.